The van der Waals surface area contributed by atoms with Crippen molar-refractivity contribution in [3.63, 3.8) is 0 Å². The first kappa shape index (κ1) is 19.8. The van der Waals surface area contributed by atoms with Crippen molar-refractivity contribution in [1.82, 2.24) is 0 Å². The van der Waals surface area contributed by atoms with E-state index in [1.54, 1.807) is 7.11 Å². The van der Waals surface area contributed by atoms with Crippen LogP contribution >= 0.6 is 7.26 Å². The molecule has 3 rings (SSSR count). The van der Waals surface area contributed by atoms with Crippen LogP contribution in [0.4, 0.5) is 0 Å². The van der Waals surface area contributed by atoms with E-state index in [4.69, 9.17) is 4.74 Å². The average Bonchev–Trinajstić information content (AvgIpc) is 2.71. The largest absolute Gasteiger partial charge is 0.388 e. The van der Waals surface area contributed by atoms with Gasteiger partial charge >= 0.3 is 0 Å². The lowest BCUT2D eigenvalue weighted by Crippen LogP contribution is -2.38. The van der Waals surface area contributed by atoms with Crippen LogP contribution < -0.4 is 15.9 Å². The smallest absolute Gasteiger partial charge is 0.112 e. The van der Waals surface area contributed by atoms with Gasteiger partial charge < -0.3 is 9.84 Å². The van der Waals surface area contributed by atoms with Gasteiger partial charge in [0.05, 0.1) is 18.4 Å². The molecule has 0 aliphatic carbocycles. The summed E-state index contributed by atoms with van der Waals surface area (Å²) in [5.41, 5.74) is -0.849. The Hall–Kier alpha value is -1.99. The fourth-order valence-corrected chi connectivity index (χ4v) is 8.20. The van der Waals surface area contributed by atoms with E-state index in [2.05, 4.69) is 91.0 Å². The number of methoxy groups -OCH3 is 1. The molecule has 0 aliphatic heterocycles. The molecule has 3 heteroatoms. The van der Waals surface area contributed by atoms with E-state index in [1.807, 2.05) is 6.92 Å². The van der Waals surface area contributed by atoms with Gasteiger partial charge in [-0.25, -0.2) is 0 Å². The summed E-state index contributed by atoms with van der Waals surface area (Å²) in [5, 5.41) is 14.8. The Kier molecular flexibility index (Phi) is 6.44. The average molecular weight is 379 g/mol. The van der Waals surface area contributed by atoms with Gasteiger partial charge in [0.2, 0.25) is 0 Å². The predicted octanol–water partition coefficient (Wildman–Crippen LogP) is 3.77. The molecule has 0 heterocycles. The molecule has 3 aromatic carbocycles. The lowest BCUT2D eigenvalue weighted by Gasteiger charge is -2.31. The Labute approximate surface area is 163 Å². The maximum absolute atomic E-state index is 10.8. The van der Waals surface area contributed by atoms with Gasteiger partial charge in [-0.3, -0.25) is 0 Å². The van der Waals surface area contributed by atoms with Gasteiger partial charge in [0.1, 0.15) is 23.2 Å². The summed E-state index contributed by atoms with van der Waals surface area (Å²) in [5.74, 6) is 0. The Morgan fingerprint density at radius 1 is 0.741 bits per heavy atom. The summed E-state index contributed by atoms with van der Waals surface area (Å²) >= 11 is 0. The third-order valence-corrected chi connectivity index (χ3v) is 9.47. The Balaban J connectivity index is 2.17. The molecule has 27 heavy (non-hydrogen) atoms. The van der Waals surface area contributed by atoms with Gasteiger partial charge in [-0.2, -0.15) is 0 Å². The summed E-state index contributed by atoms with van der Waals surface area (Å²) in [6.45, 7) is 2.21. The topological polar surface area (TPSA) is 29.5 Å². The van der Waals surface area contributed by atoms with E-state index in [-0.39, 0.29) is 0 Å². The molecule has 1 unspecified atom stereocenters. The maximum Gasteiger partial charge on any atom is 0.112 e. The number of rotatable bonds is 8. The number of aliphatic hydroxyl groups is 1. The first-order chi connectivity index (χ1) is 13.1. The van der Waals surface area contributed by atoms with Crippen molar-refractivity contribution in [3.8, 4) is 0 Å². The van der Waals surface area contributed by atoms with E-state index < -0.39 is 12.9 Å². The van der Waals surface area contributed by atoms with E-state index in [0.717, 1.165) is 6.16 Å². The molecule has 2 nitrogen and oxygen atoms in total. The molecule has 0 saturated carbocycles. The fourth-order valence-electron chi connectivity index (χ4n) is 3.67. The van der Waals surface area contributed by atoms with E-state index in [1.165, 1.54) is 15.9 Å². The molecule has 0 fully saturated rings. The van der Waals surface area contributed by atoms with Crippen molar-refractivity contribution in [2.24, 2.45) is 0 Å². The predicted molar refractivity (Wildman–Crippen MR) is 117 cm³/mol. The van der Waals surface area contributed by atoms with Gasteiger partial charge in [0, 0.05) is 13.5 Å². The SMILES string of the molecule is COCC(C)(O)CC[P+](c1ccccc1)(c1ccccc1)c1ccccc1. The number of benzene rings is 3. The molecule has 3 aromatic rings. The van der Waals surface area contributed by atoms with E-state index in [0.29, 0.717) is 13.0 Å². The van der Waals surface area contributed by atoms with Crippen LogP contribution in [-0.4, -0.2) is 30.6 Å². The number of hydrogen-bond donors (Lipinski definition) is 1. The quantitative estimate of drug-likeness (QED) is 0.604. The zero-order valence-corrected chi connectivity index (χ0v) is 17.0. The van der Waals surface area contributed by atoms with Crippen molar-refractivity contribution in [1.29, 1.82) is 0 Å². The minimum Gasteiger partial charge on any atom is -0.388 e. The monoisotopic (exact) mass is 379 g/mol. The molecule has 0 radical (unpaired) electrons. The standard InChI is InChI=1S/C24H28O2P/c1-24(25,20-26-2)18-19-27(21-12-6-3-7-13-21,22-14-8-4-9-15-22)23-16-10-5-11-17-23/h3-17,25H,18-20H2,1-2H3/q+1. The van der Waals surface area contributed by atoms with Crippen LogP contribution in [0.3, 0.4) is 0 Å². The Bertz CT molecular complexity index is 720. The van der Waals surface area contributed by atoms with Crippen LogP contribution in [-0.2, 0) is 4.74 Å². The first-order valence-electron chi connectivity index (χ1n) is 9.35. The summed E-state index contributed by atoms with van der Waals surface area (Å²) < 4.78 is 5.25. The van der Waals surface area contributed by atoms with Gasteiger partial charge in [-0.1, -0.05) is 54.6 Å². The van der Waals surface area contributed by atoms with Crippen molar-refractivity contribution < 1.29 is 9.84 Å². The molecule has 140 valence electrons. The molecule has 0 spiro atoms. The summed E-state index contributed by atoms with van der Waals surface area (Å²) in [6.07, 6.45) is 1.56. The highest BCUT2D eigenvalue weighted by molar-refractivity contribution is 7.95. The Morgan fingerprint density at radius 2 is 1.11 bits per heavy atom. The van der Waals surface area contributed by atoms with Crippen molar-refractivity contribution >= 4 is 23.2 Å². The van der Waals surface area contributed by atoms with Gasteiger partial charge in [-0.05, 0) is 43.3 Å². The van der Waals surface area contributed by atoms with Crippen LogP contribution in [0.1, 0.15) is 13.3 Å². The summed E-state index contributed by atoms with van der Waals surface area (Å²) in [6, 6.07) is 32.3. The first-order valence-corrected chi connectivity index (χ1v) is 11.3. The number of hydrogen-bond acceptors (Lipinski definition) is 2. The zero-order valence-electron chi connectivity index (χ0n) is 16.1. The second kappa shape index (κ2) is 8.80. The molecule has 0 aliphatic rings. The molecule has 0 saturated heterocycles. The highest BCUT2D eigenvalue weighted by Crippen LogP contribution is 2.56. The van der Waals surface area contributed by atoms with Gasteiger partial charge in [-0.15, -0.1) is 0 Å². The van der Waals surface area contributed by atoms with Crippen molar-refractivity contribution in [2.45, 2.75) is 18.9 Å². The molecule has 0 aromatic heterocycles. The van der Waals surface area contributed by atoms with Crippen LogP contribution in [0.25, 0.3) is 0 Å². The lowest BCUT2D eigenvalue weighted by atomic mass is 10.1. The molecular formula is C24H28O2P+. The fraction of sp³-hybridized carbons (Fsp3) is 0.250. The maximum atomic E-state index is 10.8. The molecule has 1 N–H and O–H groups in total. The van der Waals surface area contributed by atoms with Crippen LogP contribution in [0, 0.1) is 0 Å². The second-order valence-corrected chi connectivity index (χ2v) is 10.8. The zero-order chi connectivity index (χ0) is 19.2. The molecule has 1 atom stereocenters. The summed E-state index contributed by atoms with van der Waals surface area (Å²) in [4.78, 5) is 0. The normalized spacial score (nSPS) is 13.9. The van der Waals surface area contributed by atoms with E-state index >= 15 is 0 Å². The molecular weight excluding hydrogens is 351 g/mol. The molecule has 0 amide bonds. The summed E-state index contributed by atoms with van der Waals surface area (Å²) in [7, 11) is -0.248. The van der Waals surface area contributed by atoms with Crippen LogP contribution in [0.15, 0.2) is 91.0 Å². The second-order valence-electron chi connectivity index (χ2n) is 7.22. The lowest BCUT2D eigenvalue weighted by molar-refractivity contribution is -0.0184. The highest BCUT2D eigenvalue weighted by Gasteiger charge is 2.46. The molecule has 0 bridgehead atoms. The van der Waals surface area contributed by atoms with Crippen molar-refractivity contribution in [2.75, 3.05) is 19.9 Å². The highest BCUT2D eigenvalue weighted by atomic mass is 31.2. The van der Waals surface area contributed by atoms with E-state index in [9.17, 15) is 5.11 Å². The van der Waals surface area contributed by atoms with Crippen LogP contribution in [0.5, 0.6) is 0 Å². The third kappa shape index (κ3) is 4.47. The third-order valence-electron chi connectivity index (χ3n) is 5.03. The van der Waals surface area contributed by atoms with Gasteiger partial charge in [0.15, 0.2) is 0 Å². The van der Waals surface area contributed by atoms with Crippen LogP contribution in [0.2, 0.25) is 0 Å². The van der Waals surface area contributed by atoms with Crippen molar-refractivity contribution in [3.05, 3.63) is 91.0 Å². The number of ether oxygens (including phenoxy) is 1. The minimum absolute atomic E-state index is 0.339. The van der Waals surface area contributed by atoms with Gasteiger partial charge in [0.25, 0.3) is 0 Å². The Morgan fingerprint density at radius 3 is 1.44 bits per heavy atom. The minimum atomic E-state index is -1.89.